The summed E-state index contributed by atoms with van der Waals surface area (Å²) in [5.74, 6) is 6.09. The molecule has 294 valence electrons. The molecular formula is C45H50N2O8S. The Hall–Kier alpha value is -5.10. The van der Waals surface area contributed by atoms with Crippen molar-refractivity contribution in [1.29, 1.82) is 0 Å². The van der Waals surface area contributed by atoms with Crippen molar-refractivity contribution in [2.75, 3.05) is 70.0 Å². The predicted molar refractivity (Wildman–Crippen MR) is 219 cm³/mol. The summed E-state index contributed by atoms with van der Waals surface area (Å²) < 4.78 is 45.3. The Labute approximate surface area is 333 Å². The largest absolute Gasteiger partial charge is 0.493 e. The molecule has 0 saturated heterocycles. The molecule has 2 atom stereocenters. The smallest absolute Gasteiger partial charge is 0.168 e. The second-order valence-electron chi connectivity index (χ2n) is 14.3. The van der Waals surface area contributed by atoms with Gasteiger partial charge in [0.05, 0.1) is 56.9 Å². The fourth-order valence-corrected chi connectivity index (χ4v) is 9.94. The van der Waals surface area contributed by atoms with Crippen LogP contribution in [0.15, 0.2) is 53.9 Å². The molecule has 10 nitrogen and oxygen atoms in total. The van der Waals surface area contributed by atoms with E-state index >= 15 is 0 Å². The van der Waals surface area contributed by atoms with Crippen LogP contribution in [-0.4, -0.2) is 74.9 Å². The zero-order valence-electron chi connectivity index (χ0n) is 33.4. The van der Waals surface area contributed by atoms with Crippen LogP contribution in [-0.2, 0) is 32.2 Å². The van der Waals surface area contributed by atoms with E-state index in [1.54, 1.807) is 56.9 Å². The van der Waals surface area contributed by atoms with E-state index in [4.69, 9.17) is 37.9 Å². The van der Waals surface area contributed by atoms with Gasteiger partial charge in [0.2, 0.25) is 0 Å². The van der Waals surface area contributed by atoms with Crippen molar-refractivity contribution < 1.29 is 37.9 Å². The van der Waals surface area contributed by atoms with E-state index in [0.29, 0.717) is 0 Å². The minimum atomic E-state index is 0.282. The third-order valence-corrected chi connectivity index (χ3v) is 12.6. The maximum atomic E-state index is 5.92. The monoisotopic (exact) mass is 778 g/mol. The highest BCUT2D eigenvalue weighted by atomic mass is 32.1. The second-order valence-corrected chi connectivity index (χ2v) is 15.4. The van der Waals surface area contributed by atoms with Gasteiger partial charge in [-0.15, -0.1) is 11.3 Å². The lowest BCUT2D eigenvalue weighted by atomic mass is 9.76. The Morgan fingerprint density at radius 2 is 1.11 bits per heavy atom. The van der Waals surface area contributed by atoms with Gasteiger partial charge in [-0.2, -0.15) is 0 Å². The van der Waals surface area contributed by atoms with Crippen molar-refractivity contribution in [2.45, 2.75) is 44.3 Å². The molecule has 0 saturated carbocycles. The van der Waals surface area contributed by atoms with Crippen LogP contribution in [0.25, 0.3) is 22.3 Å². The molecule has 0 spiro atoms. The molecule has 9 rings (SSSR count). The molecule has 0 radical (unpaired) electrons. The first kappa shape index (κ1) is 37.8. The van der Waals surface area contributed by atoms with Crippen molar-refractivity contribution >= 4 is 11.3 Å². The van der Waals surface area contributed by atoms with E-state index in [2.05, 4.69) is 64.1 Å². The van der Waals surface area contributed by atoms with Crippen molar-refractivity contribution in [1.82, 2.24) is 10.2 Å². The van der Waals surface area contributed by atoms with E-state index in [9.17, 15) is 0 Å². The van der Waals surface area contributed by atoms with Crippen LogP contribution < -0.4 is 43.2 Å². The molecular weight excluding hydrogens is 729 g/mol. The highest BCUT2D eigenvalue weighted by molar-refractivity contribution is 7.09. The SMILES string of the molecule is COc1cc2c(cc1OC)-c1c(OC)c(OC)cc3c1C(C2)N(Cc1cccs1)CC3.COc1cc2c(cc1OC)-c1c(OC)c(OC)cc3c1C(C2)NCC3. The Balaban J connectivity index is 0.000000161. The number of hydrogen-bond donors (Lipinski definition) is 1. The lowest BCUT2D eigenvalue weighted by molar-refractivity contribution is 0.174. The number of rotatable bonds is 10. The maximum absolute atomic E-state index is 5.92. The molecule has 2 aliphatic carbocycles. The number of ether oxygens (including phenoxy) is 8. The molecule has 5 aromatic rings. The van der Waals surface area contributed by atoms with E-state index < -0.39 is 0 Å². The number of thiophene rings is 1. The fraction of sp³-hybridized carbons (Fsp3) is 0.378. The summed E-state index contributed by atoms with van der Waals surface area (Å²) in [6.45, 7) is 2.94. The Kier molecular flexibility index (Phi) is 10.7. The van der Waals surface area contributed by atoms with Crippen LogP contribution in [0.1, 0.15) is 50.3 Å². The summed E-state index contributed by atoms with van der Waals surface area (Å²) in [6, 6.07) is 17.5. The third-order valence-electron chi connectivity index (χ3n) is 11.7. The molecule has 2 unspecified atom stereocenters. The Morgan fingerprint density at radius 1 is 0.589 bits per heavy atom. The van der Waals surface area contributed by atoms with Gasteiger partial charge in [0.15, 0.2) is 46.0 Å². The van der Waals surface area contributed by atoms with Gasteiger partial charge in [-0.05, 0) is 125 Å². The van der Waals surface area contributed by atoms with Crippen molar-refractivity contribution in [3.8, 4) is 68.2 Å². The van der Waals surface area contributed by atoms with Crippen LogP contribution >= 0.6 is 11.3 Å². The summed E-state index contributed by atoms with van der Waals surface area (Å²) in [7, 11) is 13.5. The average Bonchev–Trinajstić information content (AvgIpc) is 3.76. The Morgan fingerprint density at radius 3 is 1.64 bits per heavy atom. The highest BCUT2D eigenvalue weighted by Crippen LogP contribution is 2.55. The van der Waals surface area contributed by atoms with Gasteiger partial charge in [-0.3, -0.25) is 4.90 Å². The van der Waals surface area contributed by atoms with E-state index in [1.807, 2.05) is 11.3 Å². The number of methoxy groups -OCH3 is 8. The van der Waals surface area contributed by atoms with Crippen molar-refractivity contribution in [3.63, 3.8) is 0 Å². The third kappa shape index (κ3) is 6.35. The molecule has 4 aromatic carbocycles. The van der Waals surface area contributed by atoms with Crippen LogP contribution in [0.2, 0.25) is 0 Å². The average molecular weight is 779 g/mol. The molecule has 11 heteroatoms. The highest BCUT2D eigenvalue weighted by Gasteiger charge is 2.39. The summed E-state index contributed by atoms with van der Waals surface area (Å²) in [5, 5.41) is 5.80. The van der Waals surface area contributed by atoms with Gasteiger partial charge in [-0.25, -0.2) is 0 Å². The number of fused-ring (bicyclic) bond motifs is 4. The molecule has 2 aliphatic heterocycles. The van der Waals surface area contributed by atoms with E-state index in [-0.39, 0.29) is 12.1 Å². The molecule has 1 aromatic heterocycles. The van der Waals surface area contributed by atoms with Crippen LogP contribution in [0.5, 0.6) is 46.0 Å². The van der Waals surface area contributed by atoms with Crippen LogP contribution in [0.4, 0.5) is 0 Å². The first-order chi connectivity index (χ1) is 27.4. The van der Waals surface area contributed by atoms with Gasteiger partial charge in [0.25, 0.3) is 0 Å². The molecule has 0 fully saturated rings. The normalized spacial score (nSPS) is 17.1. The minimum Gasteiger partial charge on any atom is -0.493 e. The number of hydrogen-bond acceptors (Lipinski definition) is 11. The second kappa shape index (κ2) is 15.8. The summed E-state index contributed by atoms with van der Waals surface area (Å²) in [5.41, 5.74) is 12.3. The van der Waals surface area contributed by atoms with Crippen LogP contribution in [0, 0.1) is 0 Å². The zero-order chi connectivity index (χ0) is 39.1. The number of nitrogens with one attached hydrogen (secondary N) is 1. The van der Waals surface area contributed by atoms with E-state index in [1.165, 1.54) is 38.3 Å². The molecule has 4 aliphatic rings. The summed E-state index contributed by atoms with van der Waals surface area (Å²) in [4.78, 5) is 3.99. The first-order valence-corrected chi connectivity index (χ1v) is 19.8. The summed E-state index contributed by atoms with van der Waals surface area (Å²) in [6.07, 6.45) is 3.83. The maximum Gasteiger partial charge on any atom is 0.168 e. The zero-order valence-corrected chi connectivity index (χ0v) is 34.2. The predicted octanol–water partition coefficient (Wildman–Crippen LogP) is 8.24. The standard InChI is InChI=1S/C25H27NO4S.C20H23NO4/c1-27-20-12-16-10-19-23-15(7-8-26(19)14-17-6-5-9-31-17)11-22(29-3)25(30-4)24(23)18(16)13-21(20)28-2;1-22-15-9-12-7-14-18-11(5-6-21-14)8-17(24-3)20(25-4)19(18)13(12)10-16(15)23-2/h5-6,9,11-13,19H,7-8,10,14H2,1-4H3;8-10,14,21H,5-7H2,1-4H3. The van der Waals surface area contributed by atoms with Crippen molar-refractivity contribution in [3.05, 3.63) is 92.2 Å². The number of benzene rings is 4. The molecule has 3 heterocycles. The van der Waals surface area contributed by atoms with Crippen LogP contribution in [0.3, 0.4) is 0 Å². The van der Waals surface area contributed by atoms with Gasteiger partial charge in [0.1, 0.15) is 0 Å². The lowest BCUT2D eigenvalue weighted by Crippen LogP contribution is -2.38. The van der Waals surface area contributed by atoms with Gasteiger partial charge in [-0.1, -0.05) is 6.07 Å². The number of nitrogens with zero attached hydrogens (tertiary/aromatic N) is 1. The first-order valence-electron chi connectivity index (χ1n) is 19.0. The lowest BCUT2D eigenvalue weighted by Gasteiger charge is -2.42. The minimum absolute atomic E-state index is 0.282. The fourth-order valence-electron chi connectivity index (χ4n) is 9.21. The quantitative estimate of drug-likeness (QED) is 0.150. The molecule has 0 bridgehead atoms. The summed E-state index contributed by atoms with van der Waals surface area (Å²) >= 11 is 1.82. The van der Waals surface area contributed by atoms with Gasteiger partial charge >= 0.3 is 0 Å². The molecule has 56 heavy (non-hydrogen) atoms. The van der Waals surface area contributed by atoms with Gasteiger partial charge < -0.3 is 43.2 Å². The Bertz CT molecular complexity index is 2250. The van der Waals surface area contributed by atoms with E-state index in [0.717, 1.165) is 114 Å². The van der Waals surface area contributed by atoms with Gasteiger partial charge in [0, 0.05) is 41.2 Å². The molecule has 0 amide bonds. The van der Waals surface area contributed by atoms with Crippen molar-refractivity contribution in [2.24, 2.45) is 0 Å². The topological polar surface area (TPSA) is 89.1 Å². The molecule has 1 N–H and O–H groups in total.